The predicted octanol–water partition coefficient (Wildman–Crippen LogP) is 1.68. The van der Waals surface area contributed by atoms with Crippen LogP contribution in [-0.4, -0.2) is 49.4 Å². The van der Waals surface area contributed by atoms with Gasteiger partial charge in [0.05, 0.1) is 22.5 Å². The number of nitrogens with zero attached hydrogens (tertiary/aromatic N) is 2. The van der Waals surface area contributed by atoms with E-state index in [2.05, 4.69) is 19.2 Å². The van der Waals surface area contributed by atoms with E-state index in [1.54, 1.807) is 0 Å². The molecule has 0 amide bonds. The first-order chi connectivity index (χ1) is 12.5. The Balaban J connectivity index is 2.03. The minimum atomic E-state index is -3.80. The monoisotopic (exact) mass is 399 g/mol. The van der Waals surface area contributed by atoms with Crippen LogP contribution in [0.4, 0.5) is 27.8 Å². The lowest BCUT2D eigenvalue weighted by Crippen LogP contribution is -2.76. The Hall–Kier alpha value is -2.35. The van der Waals surface area contributed by atoms with Gasteiger partial charge in [0, 0.05) is 24.8 Å². The molecule has 148 valence electrons. The Morgan fingerprint density at radius 1 is 1.33 bits per heavy atom. The summed E-state index contributed by atoms with van der Waals surface area (Å²) in [4.78, 5) is 31.4. The number of Topliss-reactive ketones (excluding diaryl/α,β-unsaturated/α-hetero) is 1. The number of halogens is 5. The van der Waals surface area contributed by atoms with Crippen molar-refractivity contribution in [2.75, 3.05) is 14.2 Å². The van der Waals surface area contributed by atoms with Gasteiger partial charge in [0.15, 0.2) is 16.6 Å². The highest BCUT2D eigenvalue weighted by Gasteiger charge is 2.68. The van der Waals surface area contributed by atoms with Crippen LogP contribution < -0.4 is 9.92 Å². The van der Waals surface area contributed by atoms with Gasteiger partial charge in [-0.05, 0) is 5.01 Å². The third kappa shape index (κ3) is 3.01. The van der Waals surface area contributed by atoms with Crippen molar-refractivity contribution in [3.8, 4) is 5.75 Å². The van der Waals surface area contributed by atoms with Crippen LogP contribution in [0.5, 0.6) is 5.75 Å². The number of fused-ring (bicyclic) bond motifs is 1. The number of hydrogen-bond donors (Lipinski definition) is 0. The Bertz CT molecular complexity index is 804. The fraction of sp³-hybridized carbons (Fsp3) is 0.429. The molecule has 1 aromatic rings. The molecule has 0 radical (unpaired) electrons. The topological polar surface area (TPSA) is 74.3 Å². The molecule has 8 nitrogen and oxygen atoms in total. The van der Waals surface area contributed by atoms with Crippen molar-refractivity contribution in [2.24, 2.45) is 0 Å². The maximum absolute atomic E-state index is 14.9. The average Bonchev–Trinajstić information content (AvgIpc) is 2.58. The van der Waals surface area contributed by atoms with E-state index >= 15 is 0 Å². The van der Waals surface area contributed by atoms with Gasteiger partial charge < -0.3 is 14.4 Å². The zero-order chi connectivity index (χ0) is 20.1. The van der Waals surface area contributed by atoms with Gasteiger partial charge in [-0.25, -0.2) is 4.79 Å². The third-order valence-corrected chi connectivity index (χ3v) is 4.02. The molecule has 3 rings (SSSR count). The largest absolute Gasteiger partial charge is 0.467 e. The lowest BCUT2D eigenvalue weighted by Gasteiger charge is -2.41. The van der Waals surface area contributed by atoms with Crippen molar-refractivity contribution in [3.05, 3.63) is 23.5 Å². The number of hydrogen-bond acceptors (Lipinski definition) is 7. The van der Waals surface area contributed by atoms with E-state index in [-0.39, 0.29) is 5.01 Å². The number of ether oxygens (including phenoxy) is 2. The standard InChI is InChI=1S/C14H12F5N2O6/c1-24-12-11(22)10(13(23)25-2)20(12)21(18,19)8-3-6-5-14(16,17)27-26-9(6)4-7(8)15/h3-4,10,12H,5H2,1-2H3/q+1. The molecule has 0 aromatic heterocycles. The Kier molecular flexibility index (Phi) is 4.58. The maximum atomic E-state index is 14.9. The summed E-state index contributed by atoms with van der Waals surface area (Å²) >= 11 is 0. The number of carbonyl (C=O) groups is 2. The quantitative estimate of drug-likeness (QED) is 0.251. The number of esters is 1. The van der Waals surface area contributed by atoms with E-state index in [0.29, 0.717) is 12.1 Å². The average molecular weight is 399 g/mol. The van der Waals surface area contributed by atoms with E-state index in [0.717, 1.165) is 14.2 Å². The number of ketones is 1. The second kappa shape index (κ2) is 6.37. The van der Waals surface area contributed by atoms with E-state index in [9.17, 15) is 31.7 Å². The van der Waals surface area contributed by atoms with E-state index < -0.39 is 64.4 Å². The zero-order valence-electron chi connectivity index (χ0n) is 13.8. The van der Waals surface area contributed by atoms with Gasteiger partial charge in [0.1, 0.15) is 0 Å². The molecule has 2 aliphatic heterocycles. The fourth-order valence-corrected chi connectivity index (χ4v) is 2.78. The zero-order valence-corrected chi connectivity index (χ0v) is 13.8. The first-order valence-electron chi connectivity index (χ1n) is 7.31. The Morgan fingerprint density at radius 3 is 2.59 bits per heavy atom. The van der Waals surface area contributed by atoms with Gasteiger partial charge in [-0.3, -0.25) is 4.79 Å². The molecule has 2 aliphatic rings. The predicted molar refractivity (Wildman–Crippen MR) is 74.2 cm³/mol. The molecule has 1 fully saturated rings. The molecule has 27 heavy (non-hydrogen) atoms. The van der Waals surface area contributed by atoms with E-state index in [1.807, 2.05) is 0 Å². The van der Waals surface area contributed by atoms with Crippen LogP contribution in [0, 0.1) is 5.82 Å². The van der Waals surface area contributed by atoms with E-state index in [4.69, 9.17) is 0 Å². The number of benzene rings is 1. The summed E-state index contributed by atoms with van der Waals surface area (Å²) < 4.78 is 79.5. The van der Waals surface area contributed by atoms with Gasteiger partial charge >= 0.3 is 12.1 Å². The molecule has 2 heterocycles. The number of quaternary nitrogens is 1. The number of methoxy groups -OCH3 is 2. The van der Waals surface area contributed by atoms with Crippen molar-refractivity contribution in [2.45, 2.75) is 24.8 Å². The normalized spacial score (nSPS) is 24.6. The molecule has 0 saturated carbocycles. The first kappa shape index (κ1) is 19.4. The third-order valence-electron chi connectivity index (χ3n) is 4.02. The van der Waals surface area contributed by atoms with Gasteiger partial charge in [-0.1, -0.05) is 0 Å². The molecule has 13 heteroatoms. The summed E-state index contributed by atoms with van der Waals surface area (Å²) in [5, 5.41) is -3.52. The highest BCUT2D eigenvalue weighted by molar-refractivity contribution is 6.09. The van der Waals surface area contributed by atoms with Gasteiger partial charge in [0.25, 0.3) is 5.69 Å². The molecule has 0 spiro atoms. The fourth-order valence-electron chi connectivity index (χ4n) is 2.78. The minimum absolute atomic E-state index is 0.0582. The summed E-state index contributed by atoms with van der Waals surface area (Å²) in [6.07, 6.45) is -6.83. The van der Waals surface area contributed by atoms with Crippen molar-refractivity contribution >= 4 is 17.4 Å². The lowest BCUT2D eigenvalue weighted by atomic mass is 10.0. The molecular weight excluding hydrogens is 387 g/mol. The summed E-state index contributed by atoms with van der Waals surface area (Å²) in [5.41, 5.74) is -1.87. The smallest absolute Gasteiger partial charge is 0.395 e. The molecule has 1 aromatic carbocycles. The first-order valence-corrected chi connectivity index (χ1v) is 7.31. The van der Waals surface area contributed by atoms with Crippen LogP contribution >= 0.6 is 0 Å². The highest BCUT2D eigenvalue weighted by Crippen LogP contribution is 2.43. The molecule has 2 unspecified atom stereocenters. The Morgan fingerprint density at radius 2 is 2.00 bits per heavy atom. The van der Waals surface area contributed by atoms with Crippen molar-refractivity contribution in [1.82, 2.24) is 10.0 Å². The van der Waals surface area contributed by atoms with Crippen molar-refractivity contribution in [3.63, 3.8) is 0 Å². The van der Waals surface area contributed by atoms with Crippen molar-refractivity contribution < 1.29 is 51.0 Å². The van der Waals surface area contributed by atoms with Crippen molar-refractivity contribution in [1.29, 1.82) is 0 Å². The number of alkyl halides is 2. The lowest BCUT2D eigenvalue weighted by molar-refractivity contribution is -0.398. The highest BCUT2D eigenvalue weighted by atomic mass is 19.4. The summed E-state index contributed by atoms with van der Waals surface area (Å²) in [6, 6.07) is -1.19. The summed E-state index contributed by atoms with van der Waals surface area (Å²) in [7, 11) is 1.80. The molecule has 0 aliphatic carbocycles. The molecular formula is C14H12F5N2O6+. The second-order valence-corrected chi connectivity index (χ2v) is 5.67. The van der Waals surface area contributed by atoms with Gasteiger partial charge in [0.2, 0.25) is 18.1 Å². The number of carbonyl (C=O) groups excluding carboxylic acids is 2. The molecule has 0 bridgehead atoms. The summed E-state index contributed by atoms with van der Waals surface area (Å²) in [6.45, 7) is 0. The maximum Gasteiger partial charge on any atom is 0.395 e. The van der Waals surface area contributed by atoms with Crippen LogP contribution in [0.25, 0.3) is 0 Å². The SMILES string of the molecule is COC(=O)C1C(=O)C(OC)N1[N+](F)(F)c1cc2c(cc1F)OOC(F)(F)C2. The van der Waals surface area contributed by atoms with Crippen LogP contribution in [0.15, 0.2) is 12.1 Å². The second-order valence-electron chi connectivity index (χ2n) is 5.67. The van der Waals surface area contributed by atoms with Crippen LogP contribution in [0.1, 0.15) is 5.56 Å². The summed E-state index contributed by atoms with van der Waals surface area (Å²) in [5.74, 6) is -4.39. The number of rotatable bonds is 4. The Labute approximate surface area is 147 Å². The van der Waals surface area contributed by atoms with Crippen LogP contribution in [0.2, 0.25) is 0 Å². The molecule has 1 saturated heterocycles. The minimum Gasteiger partial charge on any atom is -0.467 e. The van der Waals surface area contributed by atoms with Gasteiger partial charge in [-0.2, -0.15) is 13.2 Å². The molecule has 2 atom stereocenters. The van der Waals surface area contributed by atoms with Crippen LogP contribution in [-0.2, 0) is 30.4 Å². The van der Waals surface area contributed by atoms with Crippen LogP contribution in [0.3, 0.4) is 0 Å². The van der Waals surface area contributed by atoms with Gasteiger partial charge in [-0.15, -0.1) is 4.89 Å². The van der Waals surface area contributed by atoms with E-state index in [1.165, 1.54) is 0 Å². The molecule has 0 N–H and O–H groups in total.